The Morgan fingerprint density at radius 3 is 2.94 bits per heavy atom. The molecule has 0 saturated carbocycles. The molecular weight excluding hydrogens is 229 g/mol. The first-order chi connectivity index (χ1) is 7.65. The summed E-state index contributed by atoms with van der Waals surface area (Å²) < 4.78 is 13.3. The molecule has 0 amide bonds. The predicted octanol–water partition coefficient (Wildman–Crippen LogP) is 1.98. The summed E-state index contributed by atoms with van der Waals surface area (Å²) in [4.78, 5) is 10.7. The van der Waals surface area contributed by atoms with Gasteiger partial charge in [-0.25, -0.2) is 9.18 Å². The van der Waals surface area contributed by atoms with Crippen LogP contribution in [0.25, 0.3) is 0 Å². The van der Waals surface area contributed by atoms with Gasteiger partial charge in [0.15, 0.2) is 0 Å². The van der Waals surface area contributed by atoms with Crippen LogP contribution in [0.3, 0.4) is 0 Å². The summed E-state index contributed by atoms with van der Waals surface area (Å²) in [5.74, 6) is -0.465. The molecule has 1 aromatic carbocycles. The van der Waals surface area contributed by atoms with Gasteiger partial charge in [0.05, 0.1) is 5.56 Å². The molecule has 1 aromatic rings. The van der Waals surface area contributed by atoms with Crippen LogP contribution in [0.15, 0.2) is 18.2 Å². The van der Waals surface area contributed by atoms with Gasteiger partial charge in [0.2, 0.25) is 0 Å². The number of carboxylic acids is 1. The van der Waals surface area contributed by atoms with Gasteiger partial charge >= 0.3 is 5.97 Å². The van der Waals surface area contributed by atoms with Crippen LogP contribution in [0.2, 0.25) is 0 Å². The number of thioether (sulfide) groups is 1. The number of aromatic carboxylic acids is 1. The van der Waals surface area contributed by atoms with Gasteiger partial charge in [-0.15, -0.1) is 0 Å². The van der Waals surface area contributed by atoms with Crippen molar-refractivity contribution >= 4 is 17.7 Å². The Morgan fingerprint density at radius 2 is 2.31 bits per heavy atom. The van der Waals surface area contributed by atoms with E-state index in [4.69, 9.17) is 5.11 Å². The molecule has 0 saturated heterocycles. The average Bonchev–Trinajstić information content (AvgIpc) is 2.26. The van der Waals surface area contributed by atoms with E-state index in [1.807, 2.05) is 6.26 Å². The Balaban J connectivity index is 2.63. The summed E-state index contributed by atoms with van der Waals surface area (Å²) in [6, 6.07) is 3.82. The Bertz CT molecular complexity index is 371. The quantitative estimate of drug-likeness (QED) is 0.750. The normalized spacial score (nSPS) is 10.4. The van der Waals surface area contributed by atoms with Gasteiger partial charge in [-0.05, 0) is 24.5 Å². The van der Waals surface area contributed by atoms with E-state index in [1.54, 1.807) is 11.8 Å². The van der Waals surface area contributed by atoms with Crippen molar-refractivity contribution in [2.75, 3.05) is 18.6 Å². The zero-order chi connectivity index (χ0) is 12.0. The number of halogens is 1. The highest BCUT2D eigenvalue weighted by Gasteiger charge is 2.07. The van der Waals surface area contributed by atoms with Crippen molar-refractivity contribution in [2.45, 2.75) is 6.54 Å². The van der Waals surface area contributed by atoms with Crippen LogP contribution in [-0.4, -0.2) is 29.6 Å². The number of carboxylic acid groups (broad SMARTS) is 1. The smallest absolute Gasteiger partial charge is 0.335 e. The zero-order valence-corrected chi connectivity index (χ0v) is 9.81. The maximum atomic E-state index is 13.3. The predicted molar refractivity (Wildman–Crippen MR) is 63.4 cm³/mol. The minimum atomic E-state index is -1.04. The van der Waals surface area contributed by atoms with Crippen LogP contribution in [0, 0.1) is 5.82 Å². The standard InChI is InChI=1S/C11H14FNO2S/c1-16-5-4-13-7-9-6-8(11(14)15)2-3-10(9)12/h2-3,6,13H,4-5,7H2,1H3,(H,14,15). The van der Waals surface area contributed by atoms with Crippen molar-refractivity contribution in [3.05, 3.63) is 35.1 Å². The van der Waals surface area contributed by atoms with E-state index < -0.39 is 5.97 Å². The summed E-state index contributed by atoms with van der Waals surface area (Å²) in [5.41, 5.74) is 0.504. The van der Waals surface area contributed by atoms with E-state index in [9.17, 15) is 9.18 Å². The second-order valence-corrected chi connectivity index (χ2v) is 4.27. The van der Waals surface area contributed by atoms with Crippen LogP contribution in [0.4, 0.5) is 4.39 Å². The molecule has 5 heteroatoms. The first kappa shape index (κ1) is 13.0. The van der Waals surface area contributed by atoms with Crippen molar-refractivity contribution in [1.29, 1.82) is 0 Å². The van der Waals surface area contributed by atoms with Crippen LogP contribution in [-0.2, 0) is 6.54 Å². The van der Waals surface area contributed by atoms with Crippen molar-refractivity contribution in [1.82, 2.24) is 5.32 Å². The molecule has 3 nitrogen and oxygen atoms in total. The van der Waals surface area contributed by atoms with Crippen LogP contribution in [0.5, 0.6) is 0 Å². The zero-order valence-electron chi connectivity index (χ0n) is 9.00. The largest absolute Gasteiger partial charge is 0.478 e. The lowest BCUT2D eigenvalue weighted by Gasteiger charge is -2.06. The fraction of sp³-hybridized carbons (Fsp3) is 0.364. The number of rotatable bonds is 6. The second-order valence-electron chi connectivity index (χ2n) is 3.28. The van der Waals surface area contributed by atoms with E-state index in [0.717, 1.165) is 12.3 Å². The molecule has 88 valence electrons. The fourth-order valence-corrected chi connectivity index (χ4v) is 1.59. The summed E-state index contributed by atoms with van der Waals surface area (Å²) in [5, 5.41) is 11.8. The lowest BCUT2D eigenvalue weighted by atomic mass is 10.1. The third kappa shape index (κ3) is 3.83. The van der Waals surface area contributed by atoms with Crippen molar-refractivity contribution in [3.63, 3.8) is 0 Å². The van der Waals surface area contributed by atoms with E-state index in [2.05, 4.69) is 5.32 Å². The molecule has 2 N–H and O–H groups in total. The molecule has 0 aliphatic carbocycles. The molecule has 0 aromatic heterocycles. The fourth-order valence-electron chi connectivity index (χ4n) is 1.24. The topological polar surface area (TPSA) is 49.3 Å². The third-order valence-corrected chi connectivity index (χ3v) is 2.70. The second kappa shape index (κ2) is 6.50. The van der Waals surface area contributed by atoms with Crippen LogP contribution < -0.4 is 5.32 Å². The molecule has 0 atom stereocenters. The van der Waals surface area contributed by atoms with Crippen LogP contribution in [0.1, 0.15) is 15.9 Å². The lowest BCUT2D eigenvalue weighted by Crippen LogP contribution is -2.17. The van der Waals surface area contributed by atoms with Gasteiger partial charge in [0, 0.05) is 24.4 Å². The highest BCUT2D eigenvalue weighted by atomic mass is 32.2. The molecule has 0 spiro atoms. The molecule has 0 bridgehead atoms. The maximum Gasteiger partial charge on any atom is 0.335 e. The average molecular weight is 243 g/mol. The van der Waals surface area contributed by atoms with Crippen molar-refractivity contribution in [2.24, 2.45) is 0 Å². The molecule has 0 aliphatic rings. The van der Waals surface area contributed by atoms with E-state index in [-0.39, 0.29) is 11.4 Å². The summed E-state index contributed by atoms with van der Waals surface area (Å²) in [7, 11) is 0. The highest BCUT2D eigenvalue weighted by Crippen LogP contribution is 2.10. The van der Waals surface area contributed by atoms with Crippen molar-refractivity contribution < 1.29 is 14.3 Å². The van der Waals surface area contributed by atoms with E-state index in [1.165, 1.54) is 18.2 Å². The van der Waals surface area contributed by atoms with Gasteiger partial charge in [-0.3, -0.25) is 0 Å². The monoisotopic (exact) mass is 243 g/mol. The number of hydrogen-bond acceptors (Lipinski definition) is 3. The summed E-state index contributed by atoms with van der Waals surface area (Å²) in [6.07, 6.45) is 1.99. The Morgan fingerprint density at radius 1 is 1.56 bits per heavy atom. The summed E-state index contributed by atoms with van der Waals surface area (Å²) in [6.45, 7) is 1.13. The molecule has 0 heterocycles. The van der Waals surface area contributed by atoms with Gasteiger partial charge in [0.1, 0.15) is 5.82 Å². The van der Waals surface area contributed by atoms with Gasteiger partial charge in [-0.1, -0.05) is 0 Å². The Kier molecular flexibility index (Phi) is 5.28. The first-order valence-corrected chi connectivity index (χ1v) is 6.26. The van der Waals surface area contributed by atoms with Gasteiger partial charge in [-0.2, -0.15) is 11.8 Å². The Hall–Kier alpha value is -1.07. The minimum absolute atomic E-state index is 0.114. The van der Waals surface area contributed by atoms with E-state index >= 15 is 0 Å². The van der Waals surface area contributed by atoms with E-state index in [0.29, 0.717) is 12.1 Å². The van der Waals surface area contributed by atoms with Crippen molar-refractivity contribution in [3.8, 4) is 0 Å². The number of nitrogens with one attached hydrogen (secondary N) is 1. The third-order valence-electron chi connectivity index (χ3n) is 2.09. The molecule has 16 heavy (non-hydrogen) atoms. The molecule has 0 unspecified atom stereocenters. The maximum absolute atomic E-state index is 13.3. The lowest BCUT2D eigenvalue weighted by molar-refractivity contribution is 0.0696. The Labute approximate surface area is 98.1 Å². The molecule has 1 rings (SSSR count). The number of hydrogen-bond donors (Lipinski definition) is 2. The molecular formula is C11H14FNO2S. The summed E-state index contributed by atoms with van der Waals surface area (Å²) >= 11 is 1.70. The number of carbonyl (C=O) groups is 1. The highest BCUT2D eigenvalue weighted by molar-refractivity contribution is 7.98. The molecule has 0 aliphatic heterocycles. The van der Waals surface area contributed by atoms with Gasteiger partial charge in [0.25, 0.3) is 0 Å². The minimum Gasteiger partial charge on any atom is -0.478 e. The SMILES string of the molecule is CSCCNCc1cc(C(=O)O)ccc1F. The van der Waals surface area contributed by atoms with Gasteiger partial charge < -0.3 is 10.4 Å². The van der Waals surface area contributed by atoms with Crippen LogP contribution >= 0.6 is 11.8 Å². The first-order valence-electron chi connectivity index (χ1n) is 4.86. The molecule has 0 fully saturated rings. The number of benzene rings is 1. The molecule has 0 radical (unpaired) electrons.